The van der Waals surface area contributed by atoms with Crippen molar-refractivity contribution in [3.63, 3.8) is 0 Å². The van der Waals surface area contributed by atoms with E-state index in [1.807, 2.05) is 68.7 Å². The van der Waals surface area contributed by atoms with Gasteiger partial charge in [-0.15, -0.1) is 0 Å². The van der Waals surface area contributed by atoms with E-state index in [-0.39, 0.29) is 17.9 Å². The molecule has 2 amide bonds. The van der Waals surface area contributed by atoms with Crippen LogP contribution >= 0.6 is 11.6 Å². The summed E-state index contributed by atoms with van der Waals surface area (Å²) in [6.07, 6.45) is 0. The SMILES string of the molecule is Cc1nn(-c2cccc(Cl)c2)c(N(C)C)c1CN(Cc1ccc(F)cc1)C(=O)NC(C)C. The first-order valence-electron chi connectivity index (χ1n) is 10.5. The van der Waals surface area contributed by atoms with Gasteiger partial charge in [-0.1, -0.05) is 29.8 Å². The van der Waals surface area contributed by atoms with Crippen LogP contribution in [0, 0.1) is 12.7 Å². The molecule has 1 heterocycles. The lowest BCUT2D eigenvalue weighted by Gasteiger charge is -2.26. The molecular weight excluding hydrogens is 429 g/mol. The van der Waals surface area contributed by atoms with E-state index < -0.39 is 0 Å². The second kappa shape index (κ2) is 10.0. The maximum absolute atomic E-state index is 13.4. The van der Waals surface area contributed by atoms with Gasteiger partial charge in [-0.2, -0.15) is 5.10 Å². The van der Waals surface area contributed by atoms with E-state index in [4.69, 9.17) is 16.7 Å². The molecule has 0 unspecified atom stereocenters. The van der Waals surface area contributed by atoms with E-state index in [2.05, 4.69) is 5.32 Å². The molecule has 0 fully saturated rings. The van der Waals surface area contributed by atoms with Gasteiger partial charge in [-0.3, -0.25) is 0 Å². The Hall–Kier alpha value is -3.06. The molecule has 0 saturated carbocycles. The van der Waals surface area contributed by atoms with Crippen LogP contribution in [-0.4, -0.2) is 40.8 Å². The van der Waals surface area contributed by atoms with Crippen molar-refractivity contribution in [3.8, 4) is 5.69 Å². The highest BCUT2D eigenvalue weighted by molar-refractivity contribution is 6.30. The summed E-state index contributed by atoms with van der Waals surface area (Å²) in [4.78, 5) is 16.7. The van der Waals surface area contributed by atoms with Crippen LogP contribution in [0.4, 0.5) is 15.0 Å². The summed E-state index contributed by atoms with van der Waals surface area (Å²) in [7, 11) is 3.89. The number of nitrogens with zero attached hydrogens (tertiary/aromatic N) is 4. The number of hydrogen-bond acceptors (Lipinski definition) is 3. The third kappa shape index (κ3) is 5.59. The maximum Gasteiger partial charge on any atom is 0.318 e. The molecule has 3 aromatic rings. The highest BCUT2D eigenvalue weighted by Crippen LogP contribution is 2.29. The van der Waals surface area contributed by atoms with Crippen LogP contribution in [-0.2, 0) is 13.1 Å². The molecule has 6 nitrogen and oxygen atoms in total. The van der Waals surface area contributed by atoms with Gasteiger partial charge < -0.3 is 15.1 Å². The lowest BCUT2D eigenvalue weighted by molar-refractivity contribution is 0.189. The Bertz CT molecular complexity index is 1080. The summed E-state index contributed by atoms with van der Waals surface area (Å²) in [6.45, 7) is 6.45. The van der Waals surface area contributed by atoms with E-state index in [9.17, 15) is 9.18 Å². The summed E-state index contributed by atoms with van der Waals surface area (Å²) in [5, 5.41) is 8.33. The zero-order chi connectivity index (χ0) is 23.4. The van der Waals surface area contributed by atoms with Crippen molar-refractivity contribution in [2.45, 2.75) is 39.9 Å². The quantitative estimate of drug-likeness (QED) is 0.533. The van der Waals surface area contributed by atoms with Gasteiger partial charge in [0.25, 0.3) is 0 Å². The Kier molecular flexibility index (Phi) is 7.40. The fraction of sp³-hybridized carbons (Fsp3) is 0.333. The number of hydrogen-bond donors (Lipinski definition) is 1. The van der Waals surface area contributed by atoms with Crippen LogP contribution in [0.2, 0.25) is 5.02 Å². The number of carbonyl (C=O) groups is 1. The van der Waals surface area contributed by atoms with Crippen LogP contribution in [0.1, 0.15) is 30.7 Å². The van der Waals surface area contributed by atoms with Gasteiger partial charge in [-0.05, 0) is 56.7 Å². The number of amides is 2. The highest BCUT2D eigenvalue weighted by Gasteiger charge is 2.23. The first kappa shape index (κ1) is 23.6. The fourth-order valence-corrected chi connectivity index (χ4v) is 3.70. The van der Waals surface area contributed by atoms with Crippen LogP contribution < -0.4 is 10.2 Å². The lowest BCUT2D eigenvalue weighted by atomic mass is 10.1. The number of urea groups is 1. The Labute approximate surface area is 193 Å². The molecule has 1 aromatic heterocycles. The van der Waals surface area contributed by atoms with Crippen LogP contribution in [0.15, 0.2) is 48.5 Å². The summed E-state index contributed by atoms with van der Waals surface area (Å²) in [6, 6.07) is 13.5. The van der Waals surface area contributed by atoms with Crippen molar-refractivity contribution in [1.82, 2.24) is 20.0 Å². The minimum absolute atomic E-state index is 0.0122. The molecule has 0 saturated heterocycles. The standard InChI is InChI=1S/C24H29ClFN5O/c1-16(2)27-24(32)30(14-18-9-11-20(26)12-10-18)15-22-17(3)28-31(23(22)29(4)5)21-8-6-7-19(25)13-21/h6-13,16H,14-15H2,1-5H3,(H,27,32). The molecule has 8 heteroatoms. The molecule has 0 bridgehead atoms. The second-order valence-electron chi connectivity index (χ2n) is 8.26. The molecule has 170 valence electrons. The molecule has 0 aliphatic heterocycles. The van der Waals surface area contributed by atoms with E-state index in [0.717, 1.165) is 28.3 Å². The average Bonchev–Trinajstić information content (AvgIpc) is 3.05. The van der Waals surface area contributed by atoms with Crippen molar-refractivity contribution in [3.05, 3.63) is 76.2 Å². The molecule has 0 radical (unpaired) electrons. The smallest absolute Gasteiger partial charge is 0.318 e. The van der Waals surface area contributed by atoms with Crippen molar-refractivity contribution in [2.24, 2.45) is 0 Å². The van der Waals surface area contributed by atoms with Crippen molar-refractivity contribution in [1.29, 1.82) is 0 Å². The van der Waals surface area contributed by atoms with Crippen LogP contribution in [0.3, 0.4) is 0 Å². The van der Waals surface area contributed by atoms with Crippen molar-refractivity contribution >= 4 is 23.4 Å². The maximum atomic E-state index is 13.4. The van der Waals surface area contributed by atoms with E-state index >= 15 is 0 Å². The Morgan fingerprint density at radius 1 is 1.16 bits per heavy atom. The average molecular weight is 458 g/mol. The van der Waals surface area contributed by atoms with Gasteiger partial charge >= 0.3 is 6.03 Å². The molecule has 0 aliphatic rings. The summed E-state index contributed by atoms with van der Waals surface area (Å²) in [5.41, 5.74) is 3.43. The topological polar surface area (TPSA) is 53.4 Å². The van der Waals surface area contributed by atoms with Gasteiger partial charge in [-0.25, -0.2) is 13.9 Å². The normalized spacial score (nSPS) is 11.0. The third-order valence-electron chi connectivity index (χ3n) is 4.97. The number of aryl methyl sites for hydroxylation is 1. The predicted molar refractivity (Wildman–Crippen MR) is 127 cm³/mol. The van der Waals surface area contributed by atoms with Gasteiger partial charge in [0.1, 0.15) is 11.6 Å². The van der Waals surface area contributed by atoms with E-state index in [1.165, 1.54) is 12.1 Å². The molecule has 0 spiro atoms. The molecule has 1 N–H and O–H groups in total. The number of benzene rings is 2. The monoisotopic (exact) mass is 457 g/mol. The summed E-state index contributed by atoms with van der Waals surface area (Å²) < 4.78 is 15.2. The summed E-state index contributed by atoms with van der Waals surface area (Å²) in [5.74, 6) is 0.562. The number of carbonyl (C=O) groups excluding carboxylic acids is 1. The van der Waals surface area contributed by atoms with E-state index in [0.29, 0.717) is 18.1 Å². The van der Waals surface area contributed by atoms with Gasteiger partial charge in [0.2, 0.25) is 0 Å². The van der Waals surface area contributed by atoms with Crippen LogP contribution in [0.5, 0.6) is 0 Å². The first-order chi connectivity index (χ1) is 15.2. The number of anilines is 1. The largest absolute Gasteiger partial charge is 0.362 e. The molecule has 0 atom stereocenters. The third-order valence-corrected chi connectivity index (χ3v) is 5.20. The van der Waals surface area contributed by atoms with Crippen LogP contribution in [0.25, 0.3) is 5.69 Å². The molecule has 32 heavy (non-hydrogen) atoms. The Balaban J connectivity index is 2.00. The molecule has 2 aromatic carbocycles. The zero-order valence-corrected chi connectivity index (χ0v) is 19.8. The number of halogens is 2. The highest BCUT2D eigenvalue weighted by atomic mass is 35.5. The Morgan fingerprint density at radius 3 is 2.44 bits per heavy atom. The molecule has 0 aliphatic carbocycles. The van der Waals surface area contributed by atoms with Gasteiger partial charge in [0.15, 0.2) is 0 Å². The zero-order valence-electron chi connectivity index (χ0n) is 19.1. The predicted octanol–water partition coefficient (Wildman–Crippen LogP) is 5.16. The lowest BCUT2D eigenvalue weighted by Crippen LogP contribution is -2.42. The van der Waals surface area contributed by atoms with Gasteiger partial charge in [0.05, 0.1) is 17.9 Å². The number of aromatic nitrogens is 2. The fourth-order valence-electron chi connectivity index (χ4n) is 3.52. The second-order valence-corrected chi connectivity index (χ2v) is 8.70. The van der Waals surface area contributed by atoms with Crippen molar-refractivity contribution < 1.29 is 9.18 Å². The van der Waals surface area contributed by atoms with Crippen molar-refractivity contribution in [2.75, 3.05) is 19.0 Å². The first-order valence-corrected chi connectivity index (χ1v) is 10.8. The minimum Gasteiger partial charge on any atom is -0.362 e. The molecule has 3 rings (SSSR count). The number of rotatable bonds is 7. The summed E-state index contributed by atoms with van der Waals surface area (Å²) >= 11 is 6.21. The Morgan fingerprint density at radius 2 is 1.84 bits per heavy atom. The van der Waals surface area contributed by atoms with Gasteiger partial charge in [0, 0.05) is 37.3 Å². The van der Waals surface area contributed by atoms with E-state index in [1.54, 1.807) is 17.0 Å². The molecular formula is C24H29ClFN5O. The number of nitrogens with one attached hydrogen (secondary N) is 1. The minimum atomic E-state index is -0.305.